The molecule has 14 heavy (non-hydrogen) atoms. The molecule has 0 saturated carbocycles. The van der Waals surface area contributed by atoms with E-state index in [9.17, 15) is 4.79 Å². The summed E-state index contributed by atoms with van der Waals surface area (Å²) in [6.07, 6.45) is 0.743. The molecule has 1 amide bonds. The number of hydrogen-bond acceptors (Lipinski definition) is 3. The van der Waals surface area contributed by atoms with Gasteiger partial charge < -0.3 is 16.4 Å². The molecule has 0 fully saturated rings. The third-order valence-corrected chi connectivity index (χ3v) is 2.06. The maximum atomic E-state index is 11.3. The van der Waals surface area contributed by atoms with Crippen molar-refractivity contribution in [3.63, 3.8) is 0 Å². The Morgan fingerprint density at radius 3 is 1.86 bits per heavy atom. The number of nitrogens with zero attached hydrogens (tertiary/aromatic N) is 1. The topological polar surface area (TPSA) is 72.3 Å². The van der Waals surface area contributed by atoms with Gasteiger partial charge in [-0.05, 0) is 34.1 Å². The number of hydrogen-bond donors (Lipinski definition) is 2. The Morgan fingerprint density at radius 1 is 1.21 bits per heavy atom. The molecule has 0 radical (unpaired) electrons. The molecule has 4 heteroatoms. The molecular weight excluding hydrogens is 178 g/mol. The highest BCUT2D eigenvalue weighted by atomic mass is 16.2. The molecule has 0 saturated heterocycles. The maximum absolute atomic E-state index is 11.3. The number of carbonyl (C=O) groups excluding carboxylic acids is 1. The molecule has 0 heterocycles. The van der Waals surface area contributed by atoms with Crippen LogP contribution in [0.2, 0.25) is 0 Å². The SMILES string of the molecule is CC(=O)N(CCC(C)(C)N)C(C)(C)N. The summed E-state index contributed by atoms with van der Waals surface area (Å²) in [5.41, 5.74) is 10.8. The highest BCUT2D eigenvalue weighted by Gasteiger charge is 2.25. The second-order valence-corrected chi connectivity index (χ2v) is 5.06. The number of rotatable bonds is 4. The second kappa shape index (κ2) is 4.28. The van der Waals surface area contributed by atoms with E-state index in [1.165, 1.54) is 6.92 Å². The van der Waals surface area contributed by atoms with Crippen molar-refractivity contribution in [1.82, 2.24) is 4.90 Å². The van der Waals surface area contributed by atoms with Crippen LogP contribution in [0, 0.1) is 0 Å². The number of nitrogens with two attached hydrogens (primary N) is 2. The van der Waals surface area contributed by atoms with E-state index >= 15 is 0 Å². The van der Waals surface area contributed by atoms with Gasteiger partial charge in [0.05, 0.1) is 5.66 Å². The highest BCUT2D eigenvalue weighted by Crippen LogP contribution is 2.12. The van der Waals surface area contributed by atoms with Crippen molar-refractivity contribution in [3.8, 4) is 0 Å². The molecule has 84 valence electrons. The highest BCUT2D eigenvalue weighted by molar-refractivity contribution is 5.73. The zero-order chi connectivity index (χ0) is 11.6. The summed E-state index contributed by atoms with van der Waals surface area (Å²) in [6, 6.07) is 0. The van der Waals surface area contributed by atoms with Crippen LogP contribution >= 0.6 is 0 Å². The Bertz CT molecular complexity index is 200. The summed E-state index contributed by atoms with van der Waals surface area (Å²) >= 11 is 0. The van der Waals surface area contributed by atoms with Crippen LogP contribution in [0.3, 0.4) is 0 Å². The van der Waals surface area contributed by atoms with E-state index in [2.05, 4.69) is 0 Å². The van der Waals surface area contributed by atoms with E-state index < -0.39 is 5.66 Å². The monoisotopic (exact) mass is 201 g/mol. The van der Waals surface area contributed by atoms with Gasteiger partial charge in [-0.15, -0.1) is 0 Å². The van der Waals surface area contributed by atoms with Crippen LogP contribution in [-0.4, -0.2) is 28.6 Å². The first-order chi connectivity index (χ1) is 6.04. The molecule has 0 rings (SSSR count). The lowest BCUT2D eigenvalue weighted by Crippen LogP contribution is -2.55. The zero-order valence-electron chi connectivity index (χ0n) is 9.92. The first-order valence-corrected chi connectivity index (χ1v) is 4.90. The van der Waals surface area contributed by atoms with Crippen LogP contribution in [0.4, 0.5) is 0 Å². The average Bonchev–Trinajstić information content (AvgIpc) is 1.79. The normalized spacial score (nSPS) is 12.8. The fourth-order valence-electron chi connectivity index (χ4n) is 1.25. The van der Waals surface area contributed by atoms with E-state index in [0.29, 0.717) is 6.54 Å². The van der Waals surface area contributed by atoms with Crippen LogP contribution in [0.5, 0.6) is 0 Å². The molecule has 0 aliphatic carbocycles. The molecule has 0 bridgehead atoms. The Kier molecular flexibility index (Phi) is 4.09. The first kappa shape index (κ1) is 13.4. The summed E-state index contributed by atoms with van der Waals surface area (Å²) in [4.78, 5) is 13.0. The largest absolute Gasteiger partial charge is 0.325 e. The molecule has 0 spiro atoms. The fourth-order valence-corrected chi connectivity index (χ4v) is 1.25. The minimum absolute atomic E-state index is 0.0123. The summed E-state index contributed by atoms with van der Waals surface area (Å²) in [5.74, 6) is -0.0123. The first-order valence-electron chi connectivity index (χ1n) is 4.90. The van der Waals surface area contributed by atoms with E-state index in [1.807, 2.05) is 27.7 Å². The van der Waals surface area contributed by atoms with Crippen LogP contribution in [0.1, 0.15) is 41.0 Å². The van der Waals surface area contributed by atoms with Gasteiger partial charge in [-0.3, -0.25) is 4.79 Å². The van der Waals surface area contributed by atoms with E-state index in [-0.39, 0.29) is 11.4 Å². The van der Waals surface area contributed by atoms with Crippen molar-refractivity contribution in [1.29, 1.82) is 0 Å². The predicted molar refractivity (Wildman–Crippen MR) is 58.5 cm³/mol. The molecule has 0 aliphatic heterocycles. The summed E-state index contributed by atoms with van der Waals surface area (Å²) in [7, 11) is 0. The van der Waals surface area contributed by atoms with Gasteiger partial charge in [0.1, 0.15) is 0 Å². The third-order valence-electron chi connectivity index (χ3n) is 2.06. The molecule has 0 aliphatic rings. The molecule has 0 unspecified atom stereocenters. The van der Waals surface area contributed by atoms with Gasteiger partial charge in [-0.1, -0.05) is 0 Å². The van der Waals surface area contributed by atoms with E-state index in [4.69, 9.17) is 11.5 Å². The summed E-state index contributed by atoms with van der Waals surface area (Å²) in [6.45, 7) is 9.64. The van der Waals surface area contributed by atoms with Gasteiger partial charge in [0.15, 0.2) is 0 Å². The van der Waals surface area contributed by atoms with Crippen LogP contribution in [0.15, 0.2) is 0 Å². The Morgan fingerprint density at radius 2 is 1.64 bits per heavy atom. The molecule has 4 N–H and O–H groups in total. The minimum atomic E-state index is -0.614. The summed E-state index contributed by atoms with van der Waals surface area (Å²) in [5, 5.41) is 0. The van der Waals surface area contributed by atoms with Crippen molar-refractivity contribution in [3.05, 3.63) is 0 Å². The molecule has 4 nitrogen and oxygen atoms in total. The Balaban J connectivity index is 4.35. The fraction of sp³-hybridized carbons (Fsp3) is 0.900. The number of carbonyl (C=O) groups is 1. The molecule has 0 atom stereocenters. The molecule has 0 aromatic carbocycles. The van der Waals surface area contributed by atoms with Crippen molar-refractivity contribution >= 4 is 5.91 Å². The van der Waals surface area contributed by atoms with Crippen LogP contribution < -0.4 is 11.5 Å². The van der Waals surface area contributed by atoms with Crippen molar-refractivity contribution in [2.75, 3.05) is 6.54 Å². The van der Waals surface area contributed by atoms with Crippen molar-refractivity contribution in [2.45, 2.75) is 52.2 Å². The Hall–Kier alpha value is -0.610. The maximum Gasteiger partial charge on any atom is 0.220 e. The molecular formula is C10H23N3O. The van der Waals surface area contributed by atoms with Crippen LogP contribution in [-0.2, 0) is 4.79 Å². The summed E-state index contributed by atoms with van der Waals surface area (Å²) < 4.78 is 0. The molecule has 0 aromatic heterocycles. The van der Waals surface area contributed by atoms with E-state index in [1.54, 1.807) is 4.90 Å². The molecule has 0 aromatic rings. The van der Waals surface area contributed by atoms with Crippen LogP contribution in [0.25, 0.3) is 0 Å². The second-order valence-electron chi connectivity index (χ2n) is 5.06. The third kappa shape index (κ3) is 5.19. The van der Waals surface area contributed by atoms with Gasteiger partial charge in [0, 0.05) is 19.0 Å². The van der Waals surface area contributed by atoms with E-state index in [0.717, 1.165) is 6.42 Å². The van der Waals surface area contributed by atoms with Crippen molar-refractivity contribution < 1.29 is 4.79 Å². The van der Waals surface area contributed by atoms with Gasteiger partial charge in [0.2, 0.25) is 5.91 Å². The predicted octanol–water partition coefficient (Wildman–Crippen LogP) is 0.657. The number of amides is 1. The van der Waals surface area contributed by atoms with Crippen molar-refractivity contribution in [2.24, 2.45) is 11.5 Å². The minimum Gasteiger partial charge on any atom is -0.325 e. The Labute approximate surface area is 86.6 Å². The lowest BCUT2D eigenvalue weighted by molar-refractivity contribution is -0.134. The standard InChI is InChI=1S/C10H23N3O/c1-8(14)13(10(4,5)12)7-6-9(2,3)11/h6-7,11-12H2,1-5H3. The van der Waals surface area contributed by atoms with Gasteiger partial charge >= 0.3 is 0 Å². The van der Waals surface area contributed by atoms with Gasteiger partial charge in [-0.25, -0.2) is 0 Å². The van der Waals surface area contributed by atoms with Gasteiger partial charge in [-0.2, -0.15) is 0 Å². The lowest BCUT2D eigenvalue weighted by Gasteiger charge is -2.36. The average molecular weight is 201 g/mol. The quantitative estimate of drug-likeness (QED) is 0.656. The zero-order valence-corrected chi connectivity index (χ0v) is 9.92. The smallest absolute Gasteiger partial charge is 0.220 e. The van der Waals surface area contributed by atoms with Gasteiger partial charge in [0.25, 0.3) is 0 Å². The lowest BCUT2D eigenvalue weighted by atomic mass is 10.0.